The van der Waals surface area contributed by atoms with E-state index in [1.807, 2.05) is 0 Å². The van der Waals surface area contributed by atoms with Crippen LogP contribution in [0.25, 0.3) is 0 Å². The molecule has 1 N–H and O–H groups in total. The molecular formula is C25H22F3N3O4S. The van der Waals surface area contributed by atoms with E-state index in [4.69, 9.17) is 4.74 Å². The van der Waals surface area contributed by atoms with E-state index in [-0.39, 0.29) is 48.7 Å². The first-order valence-electron chi connectivity index (χ1n) is 11.2. The second kappa shape index (κ2) is 10.9. The van der Waals surface area contributed by atoms with Crippen molar-refractivity contribution in [2.45, 2.75) is 38.8 Å². The molecule has 1 aromatic heterocycles. The van der Waals surface area contributed by atoms with Gasteiger partial charge in [0.2, 0.25) is 5.91 Å². The van der Waals surface area contributed by atoms with Gasteiger partial charge in [0.15, 0.2) is 5.13 Å². The summed E-state index contributed by atoms with van der Waals surface area (Å²) >= 11 is 1.14. The van der Waals surface area contributed by atoms with E-state index in [0.717, 1.165) is 23.5 Å². The molecule has 36 heavy (non-hydrogen) atoms. The maximum Gasteiger partial charge on any atom is 0.311 e. The lowest BCUT2D eigenvalue weighted by molar-refractivity contribution is -0.142. The molecule has 1 unspecified atom stereocenters. The Morgan fingerprint density at radius 3 is 2.56 bits per heavy atom. The van der Waals surface area contributed by atoms with Gasteiger partial charge in [-0.15, -0.1) is 11.3 Å². The first kappa shape index (κ1) is 25.4. The summed E-state index contributed by atoms with van der Waals surface area (Å²) in [4.78, 5) is 42.7. The van der Waals surface area contributed by atoms with Crippen LogP contribution in [0.3, 0.4) is 0 Å². The minimum atomic E-state index is -0.894. The number of halogens is 3. The predicted octanol–water partition coefficient (Wildman–Crippen LogP) is 4.78. The third-order valence-corrected chi connectivity index (χ3v) is 6.47. The third-order valence-electron chi connectivity index (χ3n) is 5.67. The number of aromatic nitrogens is 1. The maximum atomic E-state index is 14.8. The third kappa shape index (κ3) is 5.56. The van der Waals surface area contributed by atoms with Crippen LogP contribution in [0.5, 0.6) is 0 Å². The van der Waals surface area contributed by atoms with Crippen LogP contribution in [-0.2, 0) is 27.3 Å². The first-order chi connectivity index (χ1) is 17.3. The van der Waals surface area contributed by atoms with Crippen molar-refractivity contribution in [2.24, 2.45) is 0 Å². The number of carbonyl (C=O) groups excluding carboxylic acids is 3. The SMILES string of the molecule is CCOC(=O)Cc1csc(NC(=O)CCC2c3c(F)ccc(F)c3C(=O)N2Cc2ccc(F)cc2)n1. The summed E-state index contributed by atoms with van der Waals surface area (Å²) < 4.78 is 47.4. The van der Waals surface area contributed by atoms with Gasteiger partial charge in [-0.3, -0.25) is 14.4 Å². The Morgan fingerprint density at radius 2 is 1.83 bits per heavy atom. The van der Waals surface area contributed by atoms with Crippen LogP contribution in [0.2, 0.25) is 0 Å². The number of hydrogen-bond donors (Lipinski definition) is 1. The molecule has 0 saturated heterocycles. The number of thiazole rings is 1. The average Bonchev–Trinajstić information content (AvgIpc) is 3.38. The topological polar surface area (TPSA) is 88.6 Å². The van der Waals surface area contributed by atoms with Gasteiger partial charge in [0.1, 0.15) is 17.5 Å². The van der Waals surface area contributed by atoms with Crippen LogP contribution in [0.4, 0.5) is 18.3 Å². The standard InChI is InChI=1S/C25H22F3N3O4S/c1-2-35-21(33)11-16-13-36-25(29-16)30-20(32)10-9-19-22-17(27)7-8-18(28)23(22)24(34)31(19)12-14-3-5-15(26)6-4-14/h3-8,13,19H,2,9-12H2,1H3,(H,29,30,32). The lowest BCUT2D eigenvalue weighted by Gasteiger charge is -2.25. The summed E-state index contributed by atoms with van der Waals surface area (Å²) in [5.74, 6) is -3.60. The number of amides is 2. The van der Waals surface area contributed by atoms with Gasteiger partial charge in [-0.1, -0.05) is 12.1 Å². The van der Waals surface area contributed by atoms with Gasteiger partial charge in [0.25, 0.3) is 5.91 Å². The van der Waals surface area contributed by atoms with Crippen molar-refractivity contribution in [2.75, 3.05) is 11.9 Å². The van der Waals surface area contributed by atoms with Crippen molar-refractivity contribution in [1.82, 2.24) is 9.88 Å². The van der Waals surface area contributed by atoms with E-state index in [0.29, 0.717) is 11.3 Å². The molecule has 3 aromatic rings. The second-order valence-electron chi connectivity index (χ2n) is 8.11. The monoisotopic (exact) mass is 517 g/mol. The van der Waals surface area contributed by atoms with E-state index in [1.54, 1.807) is 12.3 Å². The number of ether oxygens (including phenoxy) is 1. The van der Waals surface area contributed by atoms with Crippen molar-refractivity contribution in [1.29, 1.82) is 0 Å². The number of rotatable bonds is 9. The highest BCUT2D eigenvalue weighted by atomic mass is 32.1. The maximum absolute atomic E-state index is 14.8. The molecule has 2 heterocycles. The van der Waals surface area contributed by atoms with Crippen molar-refractivity contribution < 1.29 is 32.3 Å². The quantitative estimate of drug-likeness (QED) is 0.413. The normalized spacial score (nSPS) is 14.6. The molecule has 1 aliphatic heterocycles. The first-order valence-corrected chi connectivity index (χ1v) is 12.1. The van der Waals surface area contributed by atoms with Gasteiger partial charge in [-0.05, 0) is 43.2 Å². The molecule has 0 aliphatic carbocycles. The van der Waals surface area contributed by atoms with Crippen LogP contribution in [-0.4, -0.2) is 34.3 Å². The molecule has 7 nitrogen and oxygen atoms in total. The van der Waals surface area contributed by atoms with Gasteiger partial charge in [-0.2, -0.15) is 0 Å². The molecule has 2 aromatic carbocycles. The van der Waals surface area contributed by atoms with Gasteiger partial charge in [0, 0.05) is 23.9 Å². The van der Waals surface area contributed by atoms with Gasteiger partial charge in [-0.25, -0.2) is 18.2 Å². The smallest absolute Gasteiger partial charge is 0.311 e. The second-order valence-corrected chi connectivity index (χ2v) is 8.96. The Labute approximate surface area is 208 Å². The van der Waals surface area contributed by atoms with Gasteiger partial charge in [0.05, 0.1) is 30.3 Å². The number of carbonyl (C=O) groups is 3. The zero-order chi connectivity index (χ0) is 25.8. The van der Waals surface area contributed by atoms with Crippen molar-refractivity contribution in [3.05, 3.63) is 81.6 Å². The molecule has 188 valence electrons. The highest BCUT2D eigenvalue weighted by Crippen LogP contribution is 2.40. The number of esters is 1. The van der Waals surface area contributed by atoms with Crippen molar-refractivity contribution in [3.8, 4) is 0 Å². The molecule has 0 saturated carbocycles. The molecule has 0 radical (unpaired) electrons. The van der Waals surface area contributed by atoms with E-state index >= 15 is 0 Å². The number of nitrogens with one attached hydrogen (secondary N) is 1. The summed E-state index contributed by atoms with van der Waals surface area (Å²) in [5.41, 5.74) is 0.573. The molecule has 11 heteroatoms. The fraction of sp³-hybridized carbons (Fsp3) is 0.280. The largest absolute Gasteiger partial charge is 0.466 e. The predicted molar refractivity (Wildman–Crippen MR) is 126 cm³/mol. The van der Waals surface area contributed by atoms with E-state index in [1.165, 1.54) is 29.2 Å². The molecule has 0 spiro atoms. The molecule has 0 bridgehead atoms. The summed E-state index contributed by atoms with van der Waals surface area (Å²) in [6.45, 7) is 1.94. The number of nitrogens with zero attached hydrogens (tertiary/aromatic N) is 2. The molecule has 4 rings (SSSR count). The number of fused-ring (bicyclic) bond motifs is 1. The fourth-order valence-electron chi connectivity index (χ4n) is 4.08. The molecule has 0 fully saturated rings. The van der Waals surface area contributed by atoms with Gasteiger partial charge < -0.3 is 15.0 Å². The molecule has 2 amide bonds. The lowest BCUT2D eigenvalue weighted by Crippen LogP contribution is -2.28. The summed E-state index contributed by atoms with van der Waals surface area (Å²) in [6, 6.07) is 6.39. The van der Waals surface area contributed by atoms with Gasteiger partial charge >= 0.3 is 5.97 Å². The molecule has 1 atom stereocenters. The highest BCUT2D eigenvalue weighted by Gasteiger charge is 2.41. The number of anilines is 1. The van der Waals surface area contributed by atoms with Crippen molar-refractivity contribution in [3.63, 3.8) is 0 Å². The van der Waals surface area contributed by atoms with E-state index in [2.05, 4.69) is 10.3 Å². The Morgan fingerprint density at radius 1 is 1.11 bits per heavy atom. The van der Waals surface area contributed by atoms with Crippen LogP contribution < -0.4 is 5.32 Å². The molecular weight excluding hydrogens is 495 g/mol. The highest BCUT2D eigenvalue weighted by molar-refractivity contribution is 7.13. The minimum absolute atomic E-state index is 0.0113. The Bertz CT molecular complexity index is 1300. The zero-order valence-electron chi connectivity index (χ0n) is 19.2. The Kier molecular flexibility index (Phi) is 7.68. The summed E-state index contributed by atoms with van der Waals surface area (Å²) in [7, 11) is 0. The number of benzene rings is 2. The van der Waals surface area contributed by atoms with Crippen LogP contribution in [0.1, 0.15) is 53.0 Å². The van der Waals surface area contributed by atoms with Crippen molar-refractivity contribution >= 4 is 34.3 Å². The van der Waals surface area contributed by atoms with E-state index in [9.17, 15) is 27.6 Å². The van der Waals surface area contributed by atoms with Crippen LogP contribution >= 0.6 is 11.3 Å². The average molecular weight is 518 g/mol. The summed E-state index contributed by atoms with van der Waals surface area (Å²) in [5, 5.41) is 4.53. The minimum Gasteiger partial charge on any atom is -0.466 e. The number of hydrogen-bond acceptors (Lipinski definition) is 6. The fourth-order valence-corrected chi connectivity index (χ4v) is 4.80. The lowest BCUT2D eigenvalue weighted by atomic mass is 9.99. The van der Waals surface area contributed by atoms with Crippen LogP contribution in [0.15, 0.2) is 41.8 Å². The Hall–Kier alpha value is -3.73. The zero-order valence-corrected chi connectivity index (χ0v) is 20.0. The molecule has 1 aliphatic rings. The Balaban J connectivity index is 1.48. The van der Waals surface area contributed by atoms with Crippen LogP contribution in [0, 0.1) is 17.5 Å². The summed E-state index contributed by atoms with van der Waals surface area (Å²) in [6.07, 6.45) is -0.113. The van der Waals surface area contributed by atoms with E-state index < -0.39 is 41.3 Å².